The second-order valence-electron chi connectivity index (χ2n) is 3.87. The van der Waals surface area contributed by atoms with Crippen molar-refractivity contribution in [3.63, 3.8) is 0 Å². The monoisotopic (exact) mass is 242 g/mol. The third kappa shape index (κ3) is 3.31. The number of carbonyl (C=O) groups excluding carboxylic acids is 1. The first-order valence-electron chi connectivity index (χ1n) is 5.73. The summed E-state index contributed by atoms with van der Waals surface area (Å²) in [6.45, 7) is 0.538. The highest BCUT2D eigenvalue weighted by Crippen LogP contribution is 2.09. The SMILES string of the molecule is O=C(NCCc1ccccn1)c1ccc(O)cc1. The number of carbonyl (C=O) groups is 1. The minimum atomic E-state index is -0.147. The summed E-state index contributed by atoms with van der Waals surface area (Å²) in [7, 11) is 0. The smallest absolute Gasteiger partial charge is 0.251 e. The van der Waals surface area contributed by atoms with Crippen molar-refractivity contribution in [1.29, 1.82) is 0 Å². The fourth-order valence-corrected chi connectivity index (χ4v) is 1.56. The summed E-state index contributed by atoms with van der Waals surface area (Å²) >= 11 is 0. The van der Waals surface area contributed by atoms with E-state index in [4.69, 9.17) is 5.11 Å². The molecule has 0 fully saturated rings. The van der Waals surface area contributed by atoms with Crippen LogP contribution in [0.1, 0.15) is 16.1 Å². The van der Waals surface area contributed by atoms with Gasteiger partial charge in [0.15, 0.2) is 0 Å². The van der Waals surface area contributed by atoms with Crippen molar-refractivity contribution in [2.75, 3.05) is 6.54 Å². The van der Waals surface area contributed by atoms with Crippen LogP contribution in [0.5, 0.6) is 5.75 Å². The zero-order valence-corrected chi connectivity index (χ0v) is 9.84. The van der Waals surface area contributed by atoms with Gasteiger partial charge in [-0.25, -0.2) is 0 Å². The van der Waals surface area contributed by atoms with Gasteiger partial charge in [0.1, 0.15) is 5.75 Å². The van der Waals surface area contributed by atoms with Gasteiger partial charge in [0.25, 0.3) is 5.91 Å². The van der Waals surface area contributed by atoms with Crippen molar-refractivity contribution in [2.45, 2.75) is 6.42 Å². The highest BCUT2D eigenvalue weighted by atomic mass is 16.3. The van der Waals surface area contributed by atoms with Crippen LogP contribution >= 0.6 is 0 Å². The molecule has 0 spiro atoms. The van der Waals surface area contributed by atoms with E-state index in [1.165, 1.54) is 12.1 Å². The second kappa shape index (κ2) is 5.82. The number of phenols is 1. The van der Waals surface area contributed by atoms with Crippen molar-refractivity contribution in [2.24, 2.45) is 0 Å². The van der Waals surface area contributed by atoms with E-state index in [9.17, 15) is 4.79 Å². The van der Waals surface area contributed by atoms with Gasteiger partial charge >= 0.3 is 0 Å². The molecule has 0 bridgehead atoms. The number of rotatable bonds is 4. The molecule has 0 atom stereocenters. The number of benzene rings is 1. The highest BCUT2D eigenvalue weighted by Gasteiger charge is 2.04. The molecule has 2 aromatic rings. The van der Waals surface area contributed by atoms with E-state index in [0.29, 0.717) is 18.5 Å². The quantitative estimate of drug-likeness (QED) is 0.858. The van der Waals surface area contributed by atoms with Gasteiger partial charge in [-0.05, 0) is 36.4 Å². The van der Waals surface area contributed by atoms with Gasteiger partial charge in [0, 0.05) is 30.4 Å². The van der Waals surface area contributed by atoms with Crippen LogP contribution in [0.25, 0.3) is 0 Å². The predicted molar refractivity (Wildman–Crippen MR) is 68.4 cm³/mol. The molecule has 18 heavy (non-hydrogen) atoms. The van der Waals surface area contributed by atoms with Gasteiger partial charge in [-0.15, -0.1) is 0 Å². The lowest BCUT2D eigenvalue weighted by atomic mass is 10.2. The van der Waals surface area contributed by atoms with Crippen LogP contribution < -0.4 is 5.32 Å². The molecule has 1 aromatic carbocycles. The first kappa shape index (κ1) is 12.1. The zero-order chi connectivity index (χ0) is 12.8. The Balaban J connectivity index is 1.84. The molecule has 0 aliphatic heterocycles. The summed E-state index contributed by atoms with van der Waals surface area (Å²) in [5.41, 5.74) is 1.48. The molecule has 1 heterocycles. The van der Waals surface area contributed by atoms with E-state index in [-0.39, 0.29) is 11.7 Å². The van der Waals surface area contributed by atoms with Crippen LogP contribution in [0, 0.1) is 0 Å². The molecule has 92 valence electrons. The maximum Gasteiger partial charge on any atom is 0.251 e. The molecule has 0 aliphatic carbocycles. The van der Waals surface area contributed by atoms with Crippen LogP contribution in [0.2, 0.25) is 0 Å². The van der Waals surface area contributed by atoms with Crippen molar-refractivity contribution >= 4 is 5.91 Å². The van der Waals surface area contributed by atoms with Crippen molar-refractivity contribution in [1.82, 2.24) is 10.3 Å². The third-order valence-corrected chi connectivity index (χ3v) is 2.52. The third-order valence-electron chi connectivity index (χ3n) is 2.52. The van der Waals surface area contributed by atoms with E-state index in [2.05, 4.69) is 10.3 Å². The second-order valence-corrected chi connectivity index (χ2v) is 3.87. The van der Waals surface area contributed by atoms with Crippen LogP contribution in [0.15, 0.2) is 48.7 Å². The van der Waals surface area contributed by atoms with Crippen LogP contribution in [0.3, 0.4) is 0 Å². The zero-order valence-electron chi connectivity index (χ0n) is 9.84. The Morgan fingerprint density at radius 3 is 2.61 bits per heavy atom. The minimum Gasteiger partial charge on any atom is -0.508 e. The van der Waals surface area contributed by atoms with Crippen LogP contribution in [-0.4, -0.2) is 22.5 Å². The molecule has 2 N–H and O–H groups in total. The lowest BCUT2D eigenvalue weighted by Crippen LogP contribution is -2.25. The summed E-state index contributed by atoms with van der Waals surface area (Å²) < 4.78 is 0. The molecule has 0 saturated heterocycles. The van der Waals surface area contributed by atoms with Gasteiger partial charge < -0.3 is 10.4 Å². The first-order valence-corrected chi connectivity index (χ1v) is 5.73. The lowest BCUT2D eigenvalue weighted by molar-refractivity contribution is 0.0954. The highest BCUT2D eigenvalue weighted by molar-refractivity contribution is 5.94. The average Bonchev–Trinajstić information content (AvgIpc) is 2.40. The Labute approximate surface area is 105 Å². The Kier molecular flexibility index (Phi) is 3.91. The number of nitrogens with one attached hydrogen (secondary N) is 1. The van der Waals surface area contributed by atoms with Gasteiger partial charge in [0.2, 0.25) is 0 Å². The van der Waals surface area contributed by atoms with E-state index in [1.807, 2.05) is 18.2 Å². The first-order chi connectivity index (χ1) is 8.75. The average molecular weight is 242 g/mol. The van der Waals surface area contributed by atoms with Crippen molar-refractivity contribution in [3.8, 4) is 5.75 Å². The Morgan fingerprint density at radius 1 is 1.17 bits per heavy atom. The molecular weight excluding hydrogens is 228 g/mol. The minimum absolute atomic E-state index is 0.147. The number of hydrogen-bond donors (Lipinski definition) is 2. The molecule has 1 amide bonds. The fraction of sp³-hybridized carbons (Fsp3) is 0.143. The number of pyridine rings is 1. The molecule has 0 saturated carbocycles. The molecule has 4 nitrogen and oxygen atoms in total. The Morgan fingerprint density at radius 2 is 1.94 bits per heavy atom. The van der Waals surface area contributed by atoms with Gasteiger partial charge in [-0.2, -0.15) is 0 Å². The summed E-state index contributed by atoms with van der Waals surface area (Å²) in [6.07, 6.45) is 2.43. The normalized spacial score (nSPS) is 10.0. The number of nitrogens with zero attached hydrogens (tertiary/aromatic N) is 1. The molecule has 0 radical (unpaired) electrons. The predicted octanol–water partition coefficient (Wildman–Crippen LogP) is 1.76. The Bertz CT molecular complexity index is 509. The van der Waals surface area contributed by atoms with E-state index in [1.54, 1.807) is 18.3 Å². The summed E-state index contributed by atoms with van der Waals surface area (Å²) in [6, 6.07) is 11.9. The fourth-order valence-electron chi connectivity index (χ4n) is 1.56. The molecule has 0 unspecified atom stereocenters. The largest absolute Gasteiger partial charge is 0.508 e. The van der Waals surface area contributed by atoms with Gasteiger partial charge in [-0.3, -0.25) is 9.78 Å². The van der Waals surface area contributed by atoms with Crippen LogP contribution in [-0.2, 0) is 6.42 Å². The van der Waals surface area contributed by atoms with Crippen molar-refractivity contribution in [3.05, 3.63) is 59.9 Å². The molecular formula is C14H14N2O2. The molecule has 4 heteroatoms. The van der Waals surface area contributed by atoms with E-state index < -0.39 is 0 Å². The molecule has 2 rings (SSSR count). The number of aromatic nitrogens is 1. The molecule has 0 aliphatic rings. The maximum atomic E-state index is 11.7. The summed E-state index contributed by atoms with van der Waals surface area (Å²) in [5, 5.41) is 11.9. The molecule has 1 aromatic heterocycles. The van der Waals surface area contributed by atoms with Gasteiger partial charge in [-0.1, -0.05) is 6.07 Å². The van der Waals surface area contributed by atoms with E-state index >= 15 is 0 Å². The Hall–Kier alpha value is -2.36. The van der Waals surface area contributed by atoms with Gasteiger partial charge in [0.05, 0.1) is 0 Å². The van der Waals surface area contributed by atoms with Crippen molar-refractivity contribution < 1.29 is 9.90 Å². The number of phenolic OH excluding ortho intramolecular Hbond substituents is 1. The number of hydrogen-bond acceptors (Lipinski definition) is 3. The summed E-state index contributed by atoms with van der Waals surface area (Å²) in [5.74, 6) is 0.00552. The lowest BCUT2D eigenvalue weighted by Gasteiger charge is -2.05. The van der Waals surface area contributed by atoms with Crippen LogP contribution in [0.4, 0.5) is 0 Å². The maximum absolute atomic E-state index is 11.7. The van der Waals surface area contributed by atoms with E-state index in [0.717, 1.165) is 5.69 Å². The number of aromatic hydroxyl groups is 1. The number of amides is 1. The summed E-state index contributed by atoms with van der Waals surface area (Å²) in [4.78, 5) is 15.9. The standard InChI is InChI=1S/C14H14N2O2/c17-13-6-4-11(5-7-13)14(18)16-10-8-12-3-1-2-9-15-12/h1-7,9,17H,8,10H2,(H,16,18). The topological polar surface area (TPSA) is 62.2 Å².